The lowest BCUT2D eigenvalue weighted by molar-refractivity contribution is -0.384. The van der Waals surface area contributed by atoms with Gasteiger partial charge in [0.15, 0.2) is 0 Å². The van der Waals surface area contributed by atoms with Crippen LogP contribution < -0.4 is 5.32 Å². The van der Waals surface area contributed by atoms with Crippen LogP contribution >= 0.6 is 23.2 Å². The standard InChI is InChI=1S/C12H8Cl2N2O3/c1-6(17)15-12-8-3-2-7(16(18)19)4-9(8)10(13)5-11(12)14/h2-5H,1H3,(H,15,17). The SMILES string of the molecule is CC(=O)Nc1c(Cl)cc(Cl)c2cc([N+](=O)[O-])ccc12. The molecule has 2 aromatic rings. The molecule has 0 radical (unpaired) electrons. The Kier molecular flexibility index (Phi) is 3.59. The van der Waals surface area contributed by atoms with E-state index in [0.29, 0.717) is 16.5 Å². The van der Waals surface area contributed by atoms with Gasteiger partial charge < -0.3 is 5.32 Å². The number of hydrogen-bond donors (Lipinski definition) is 1. The lowest BCUT2D eigenvalue weighted by Crippen LogP contribution is -2.07. The number of nitrogens with one attached hydrogen (secondary N) is 1. The van der Waals surface area contributed by atoms with Crippen molar-refractivity contribution in [2.24, 2.45) is 0 Å². The molecular formula is C12H8Cl2N2O3. The van der Waals surface area contributed by atoms with Crippen molar-refractivity contribution in [3.63, 3.8) is 0 Å². The van der Waals surface area contributed by atoms with E-state index in [0.717, 1.165) is 0 Å². The summed E-state index contributed by atoms with van der Waals surface area (Å²) in [6.07, 6.45) is 0. The fraction of sp³-hybridized carbons (Fsp3) is 0.0833. The van der Waals surface area contributed by atoms with Crippen LogP contribution in [0.4, 0.5) is 11.4 Å². The quantitative estimate of drug-likeness (QED) is 0.672. The van der Waals surface area contributed by atoms with E-state index in [1.54, 1.807) is 0 Å². The van der Waals surface area contributed by atoms with Gasteiger partial charge in [-0.3, -0.25) is 14.9 Å². The molecule has 0 bridgehead atoms. The van der Waals surface area contributed by atoms with Gasteiger partial charge in [-0.05, 0) is 12.1 Å². The highest BCUT2D eigenvalue weighted by Gasteiger charge is 2.14. The van der Waals surface area contributed by atoms with Gasteiger partial charge >= 0.3 is 0 Å². The number of carbonyl (C=O) groups excluding carboxylic acids is 1. The molecule has 0 unspecified atom stereocenters. The maximum atomic E-state index is 11.2. The molecule has 0 saturated carbocycles. The lowest BCUT2D eigenvalue weighted by atomic mass is 10.1. The fourth-order valence-corrected chi connectivity index (χ4v) is 2.33. The number of non-ortho nitro benzene ring substituents is 1. The van der Waals surface area contributed by atoms with E-state index >= 15 is 0 Å². The van der Waals surface area contributed by atoms with Crippen LogP contribution in [0, 0.1) is 10.1 Å². The van der Waals surface area contributed by atoms with Gasteiger partial charge in [0.1, 0.15) is 0 Å². The van der Waals surface area contributed by atoms with Crippen LogP contribution in [0.1, 0.15) is 6.92 Å². The van der Waals surface area contributed by atoms with Gasteiger partial charge in [-0.1, -0.05) is 23.2 Å². The molecule has 0 spiro atoms. The molecule has 0 aliphatic carbocycles. The minimum absolute atomic E-state index is 0.0782. The Morgan fingerprint density at radius 1 is 1.21 bits per heavy atom. The predicted octanol–water partition coefficient (Wildman–Crippen LogP) is 4.01. The lowest BCUT2D eigenvalue weighted by Gasteiger charge is -2.10. The number of hydrogen-bond acceptors (Lipinski definition) is 3. The summed E-state index contributed by atoms with van der Waals surface area (Å²) in [5.41, 5.74) is 0.314. The topological polar surface area (TPSA) is 72.2 Å². The third-order valence-electron chi connectivity index (χ3n) is 2.53. The number of amides is 1. The molecule has 0 aliphatic heterocycles. The number of fused-ring (bicyclic) bond motifs is 1. The van der Waals surface area contributed by atoms with E-state index in [2.05, 4.69) is 5.32 Å². The Balaban J connectivity index is 2.76. The molecule has 0 heterocycles. The number of nitrogens with zero attached hydrogens (tertiary/aromatic N) is 1. The van der Waals surface area contributed by atoms with Gasteiger partial charge in [-0.15, -0.1) is 0 Å². The summed E-state index contributed by atoms with van der Waals surface area (Å²) in [4.78, 5) is 21.4. The second kappa shape index (κ2) is 5.03. The van der Waals surface area contributed by atoms with E-state index in [1.807, 2.05) is 0 Å². The molecule has 2 aromatic carbocycles. The molecule has 0 aliphatic rings. The molecule has 7 heteroatoms. The van der Waals surface area contributed by atoms with Gasteiger partial charge in [-0.25, -0.2) is 0 Å². The van der Waals surface area contributed by atoms with Crippen molar-refractivity contribution in [2.45, 2.75) is 6.92 Å². The number of nitro benzene ring substituents is 1. The summed E-state index contributed by atoms with van der Waals surface area (Å²) in [5, 5.41) is 14.9. The Hall–Kier alpha value is -1.85. The van der Waals surface area contributed by atoms with E-state index in [-0.39, 0.29) is 21.6 Å². The first-order chi connectivity index (χ1) is 8.90. The van der Waals surface area contributed by atoms with Crippen LogP contribution in [0.2, 0.25) is 10.0 Å². The first-order valence-electron chi connectivity index (χ1n) is 5.24. The van der Waals surface area contributed by atoms with Crippen molar-refractivity contribution in [3.05, 3.63) is 44.4 Å². The largest absolute Gasteiger partial charge is 0.325 e. The Morgan fingerprint density at radius 3 is 2.47 bits per heavy atom. The van der Waals surface area contributed by atoms with Crippen molar-refractivity contribution < 1.29 is 9.72 Å². The number of anilines is 1. The van der Waals surface area contributed by atoms with Crippen molar-refractivity contribution in [2.75, 3.05) is 5.32 Å². The van der Waals surface area contributed by atoms with Crippen molar-refractivity contribution >= 4 is 51.3 Å². The first-order valence-corrected chi connectivity index (χ1v) is 5.99. The van der Waals surface area contributed by atoms with Crippen LogP contribution in [-0.2, 0) is 4.79 Å². The predicted molar refractivity (Wildman–Crippen MR) is 74.9 cm³/mol. The van der Waals surface area contributed by atoms with Crippen molar-refractivity contribution in [3.8, 4) is 0 Å². The van der Waals surface area contributed by atoms with Crippen LogP contribution in [0.15, 0.2) is 24.3 Å². The highest BCUT2D eigenvalue weighted by molar-refractivity contribution is 6.41. The molecule has 98 valence electrons. The number of benzene rings is 2. The number of rotatable bonds is 2. The fourth-order valence-electron chi connectivity index (χ4n) is 1.75. The van der Waals surface area contributed by atoms with Crippen LogP contribution in [0.25, 0.3) is 10.8 Å². The zero-order valence-corrected chi connectivity index (χ0v) is 11.2. The second-order valence-electron chi connectivity index (χ2n) is 3.88. The molecule has 1 amide bonds. The molecular weight excluding hydrogens is 291 g/mol. The molecule has 2 rings (SSSR count). The summed E-state index contributed by atoms with van der Waals surface area (Å²) in [6.45, 7) is 1.35. The smallest absolute Gasteiger partial charge is 0.270 e. The third kappa shape index (κ3) is 2.62. The second-order valence-corrected chi connectivity index (χ2v) is 4.70. The molecule has 5 nitrogen and oxygen atoms in total. The highest BCUT2D eigenvalue weighted by atomic mass is 35.5. The van der Waals surface area contributed by atoms with E-state index in [4.69, 9.17) is 23.2 Å². The Morgan fingerprint density at radius 2 is 1.89 bits per heavy atom. The van der Waals surface area contributed by atoms with Gasteiger partial charge in [0, 0.05) is 29.8 Å². The summed E-state index contributed by atoms with van der Waals surface area (Å²) in [5.74, 6) is -0.288. The van der Waals surface area contributed by atoms with E-state index in [1.165, 1.54) is 31.2 Å². The summed E-state index contributed by atoms with van der Waals surface area (Å²) in [6, 6.07) is 5.64. The Bertz CT molecular complexity index is 701. The summed E-state index contributed by atoms with van der Waals surface area (Å²) >= 11 is 12.0. The van der Waals surface area contributed by atoms with Crippen LogP contribution in [0.5, 0.6) is 0 Å². The number of halogens is 2. The zero-order chi connectivity index (χ0) is 14.2. The van der Waals surface area contributed by atoms with Crippen LogP contribution in [0.3, 0.4) is 0 Å². The minimum Gasteiger partial charge on any atom is -0.325 e. The molecule has 1 N–H and O–H groups in total. The average molecular weight is 299 g/mol. The maximum Gasteiger partial charge on any atom is 0.270 e. The van der Waals surface area contributed by atoms with E-state index < -0.39 is 4.92 Å². The summed E-state index contributed by atoms with van der Waals surface area (Å²) < 4.78 is 0. The zero-order valence-electron chi connectivity index (χ0n) is 9.74. The maximum absolute atomic E-state index is 11.2. The highest BCUT2D eigenvalue weighted by Crippen LogP contribution is 2.37. The van der Waals surface area contributed by atoms with Crippen molar-refractivity contribution in [1.29, 1.82) is 0 Å². The van der Waals surface area contributed by atoms with Gasteiger partial charge in [0.05, 0.1) is 20.7 Å². The third-order valence-corrected chi connectivity index (χ3v) is 3.14. The summed E-state index contributed by atoms with van der Waals surface area (Å²) in [7, 11) is 0. The van der Waals surface area contributed by atoms with Gasteiger partial charge in [-0.2, -0.15) is 0 Å². The van der Waals surface area contributed by atoms with E-state index in [9.17, 15) is 14.9 Å². The molecule has 0 fully saturated rings. The minimum atomic E-state index is -0.511. The monoisotopic (exact) mass is 298 g/mol. The Labute approximate surface area is 118 Å². The average Bonchev–Trinajstić information content (AvgIpc) is 2.33. The number of nitro groups is 1. The molecule has 0 atom stereocenters. The van der Waals surface area contributed by atoms with Gasteiger partial charge in [0.25, 0.3) is 5.69 Å². The van der Waals surface area contributed by atoms with Gasteiger partial charge in [0.2, 0.25) is 5.91 Å². The normalized spacial score (nSPS) is 10.5. The molecule has 19 heavy (non-hydrogen) atoms. The number of carbonyl (C=O) groups is 1. The molecule has 0 saturated heterocycles. The first kappa shape index (κ1) is 13.6. The van der Waals surface area contributed by atoms with Crippen molar-refractivity contribution in [1.82, 2.24) is 0 Å². The molecule has 0 aromatic heterocycles. The van der Waals surface area contributed by atoms with Crippen LogP contribution in [-0.4, -0.2) is 10.8 Å².